The number of hydrogen-bond acceptors (Lipinski definition) is 4. The lowest BCUT2D eigenvalue weighted by molar-refractivity contribution is -0.126. The molecule has 0 saturated carbocycles. The number of rotatable bonds is 4. The zero-order valence-corrected chi connectivity index (χ0v) is 14.5. The minimum atomic E-state index is -0.423. The fraction of sp³-hybridized carbons (Fsp3) is 0.211. The zero-order chi connectivity index (χ0) is 17.8. The minimum Gasteiger partial charge on any atom is -0.318 e. The molecule has 0 radical (unpaired) electrons. The maximum atomic E-state index is 12.8. The first-order valence-electron chi connectivity index (χ1n) is 7.84. The molecular formula is C19H17N3O2S. The van der Waals surface area contributed by atoms with Gasteiger partial charge in [0, 0.05) is 7.05 Å². The number of imide groups is 1. The second-order valence-electron chi connectivity index (χ2n) is 5.75. The molecule has 2 aromatic carbocycles. The van der Waals surface area contributed by atoms with Crippen molar-refractivity contribution in [2.75, 3.05) is 12.8 Å². The highest BCUT2D eigenvalue weighted by molar-refractivity contribution is 8.04. The molecule has 6 heteroatoms. The number of benzene rings is 2. The summed E-state index contributed by atoms with van der Waals surface area (Å²) >= 11 is 0.844. The van der Waals surface area contributed by atoms with Crippen molar-refractivity contribution in [1.29, 1.82) is 5.26 Å². The van der Waals surface area contributed by atoms with Gasteiger partial charge in [0.25, 0.3) is 0 Å². The quantitative estimate of drug-likeness (QED) is 0.790. The van der Waals surface area contributed by atoms with Gasteiger partial charge in [-0.25, -0.2) is 4.79 Å². The van der Waals surface area contributed by atoms with Crippen molar-refractivity contribution in [3.63, 3.8) is 0 Å². The molecule has 1 heterocycles. The molecule has 1 aliphatic rings. The summed E-state index contributed by atoms with van der Waals surface area (Å²) in [6.07, 6.45) is 0. The first-order chi connectivity index (χ1) is 12.1. The molecule has 1 fully saturated rings. The lowest BCUT2D eigenvalue weighted by atomic mass is 9.93. The summed E-state index contributed by atoms with van der Waals surface area (Å²) in [5.41, 5.74) is 1.86. The molecule has 25 heavy (non-hydrogen) atoms. The molecule has 3 amide bonds. The summed E-state index contributed by atoms with van der Waals surface area (Å²) in [5.74, 6) is -0.392. The number of urea groups is 1. The molecule has 0 spiro atoms. The number of nitrogens with zero attached hydrogens (tertiary/aromatic N) is 3. The lowest BCUT2D eigenvalue weighted by Gasteiger charge is -2.26. The summed E-state index contributed by atoms with van der Waals surface area (Å²) in [5, 5.41) is 10.6. The summed E-state index contributed by atoms with van der Waals surface area (Å²) in [6.45, 7) is 0. The number of hydrogen-bond donors (Lipinski definition) is 0. The molecule has 0 unspecified atom stereocenters. The van der Waals surface area contributed by atoms with E-state index in [2.05, 4.69) is 0 Å². The summed E-state index contributed by atoms with van der Waals surface area (Å²) in [6, 6.07) is 18.2. The van der Waals surface area contributed by atoms with Crippen molar-refractivity contribution >= 4 is 23.7 Å². The Bertz CT molecular complexity index is 804. The fourth-order valence-electron chi connectivity index (χ4n) is 3.22. The van der Waals surface area contributed by atoms with E-state index < -0.39 is 6.04 Å². The van der Waals surface area contributed by atoms with Gasteiger partial charge in [0.05, 0.1) is 17.8 Å². The molecule has 2 atom stereocenters. The van der Waals surface area contributed by atoms with Crippen molar-refractivity contribution in [3.05, 3.63) is 71.8 Å². The van der Waals surface area contributed by atoms with E-state index in [0.717, 1.165) is 22.9 Å². The van der Waals surface area contributed by atoms with Crippen LogP contribution in [0.4, 0.5) is 4.79 Å². The highest BCUT2D eigenvalue weighted by atomic mass is 32.2. The van der Waals surface area contributed by atoms with Gasteiger partial charge in [-0.15, -0.1) is 0 Å². The molecule has 126 valence electrons. The smallest absolute Gasteiger partial charge is 0.318 e. The van der Waals surface area contributed by atoms with Crippen molar-refractivity contribution in [2.24, 2.45) is 0 Å². The third kappa shape index (κ3) is 3.24. The van der Waals surface area contributed by atoms with Gasteiger partial charge in [-0.3, -0.25) is 9.69 Å². The van der Waals surface area contributed by atoms with Crippen LogP contribution in [0.25, 0.3) is 0 Å². The second kappa shape index (κ2) is 7.41. The Morgan fingerprint density at radius 1 is 1.04 bits per heavy atom. The van der Waals surface area contributed by atoms with Gasteiger partial charge in [-0.1, -0.05) is 60.7 Å². The monoisotopic (exact) mass is 351 g/mol. The lowest BCUT2D eigenvalue weighted by Crippen LogP contribution is -2.37. The van der Waals surface area contributed by atoms with Crippen molar-refractivity contribution in [1.82, 2.24) is 9.80 Å². The van der Waals surface area contributed by atoms with E-state index in [4.69, 9.17) is 5.26 Å². The van der Waals surface area contributed by atoms with E-state index in [1.807, 2.05) is 66.1 Å². The van der Waals surface area contributed by atoms with Crippen LogP contribution in [0.2, 0.25) is 0 Å². The van der Waals surface area contributed by atoms with E-state index in [1.165, 1.54) is 4.90 Å². The van der Waals surface area contributed by atoms with Crippen LogP contribution >= 0.6 is 11.8 Å². The molecule has 0 aromatic heterocycles. The Morgan fingerprint density at radius 2 is 1.56 bits per heavy atom. The van der Waals surface area contributed by atoms with Crippen LogP contribution in [0.5, 0.6) is 0 Å². The Hall–Kier alpha value is -2.78. The molecule has 0 aliphatic carbocycles. The van der Waals surface area contributed by atoms with E-state index in [0.29, 0.717) is 0 Å². The topological polar surface area (TPSA) is 64.4 Å². The molecule has 1 aliphatic heterocycles. The third-order valence-electron chi connectivity index (χ3n) is 4.31. The number of amides is 3. The predicted molar refractivity (Wildman–Crippen MR) is 96.4 cm³/mol. The van der Waals surface area contributed by atoms with Gasteiger partial charge < -0.3 is 4.90 Å². The summed E-state index contributed by atoms with van der Waals surface area (Å²) < 4.78 is 0. The first kappa shape index (κ1) is 17.1. The van der Waals surface area contributed by atoms with E-state index in [1.54, 1.807) is 11.9 Å². The summed E-state index contributed by atoms with van der Waals surface area (Å²) in [7, 11) is 1.71. The Labute approximate surface area is 150 Å². The van der Waals surface area contributed by atoms with Crippen molar-refractivity contribution in [2.45, 2.75) is 12.1 Å². The Balaban J connectivity index is 2.07. The van der Waals surface area contributed by atoms with Crippen LogP contribution in [0.1, 0.15) is 23.2 Å². The minimum absolute atomic E-state index is 0.0408. The standard InChI is InChI=1S/C19H17N3O2S/c1-21-17(14-8-4-2-5-9-14)18(15-10-6-3-7-11-15)22(19(21)24)16(23)12-25-13-20/h2-11,17-18H,12H2,1H3/t17-,18-/m0/s1. The molecule has 0 bridgehead atoms. The van der Waals surface area contributed by atoms with Crippen LogP contribution in [-0.4, -0.2) is 34.5 Å². The Morgan fingerprint density at radius 3 is 2.08 bits per heavy atom. The molecule has 0 N–H and O–H groups in total. The van der Waals surface area contributed by atoms with Gasteiger partial charge in [0.15, 0.2) is 0 Å². The average molecular weight is 351 g/mol. The molecular weight excluding hydrogens is 334 g/mol. The van der Waals surface area contributed by atoms with Gasteiger partial charge in [-0.2, -0.15) is 5.26 Å². The number of carbonyl (C=O) groups excluding carboxylic acids is 2. The van der Waals surface area contributed by atoms with Crippen LogP contribution in [-0.2, 0) is 4.79 Å². The van der Waals surface area contributed by atoms with Crippen LogP contribution < -0.4 is 0 Å². The third-order valence-corrected chi connectivity index (χ3v) is 4.83. The van der Waals surface area contributed by atoms with Gasteiger partial charge in [0.2, 0.25) is 5.91 Å². The molecule has 1 saturated heterocycles. The van der Waals surface area contributed by atoms with Gasteiger partial charge in [0.1, 0.15) is 5.40 Å². The SMILES string of the molecule is CN1C(=O)N(C(=O)CSC#N)[C@@H](c2ccccc2)[C@@H]1c1ccccc1. The Kier molecular flexibility index (Phi) is 5.05. The molecule has 5 nitrogen and oxygen atoms in total. The number of nitriles is 1. The molecule has 2 aromatic rings. The number of carbonyl (C=O) groups is 2. The number of likely N-dealkylation sites (N-methyl/N-ethyl adjacent to an activating group) is 1. The predicted octanol–water partition coefficient (Wildman–Crippen LogP) is 3.58. The normalized spacial score (nSPS) is 19.8. The van der Waals surface area contributed by atoms with Crippen molar-refractivity contribution in [3.8, 4) is 5.40 Å². The second-order valence-corrected chi connectivity index (χ2v) is 6.51. The largest absolute Gasteiger partial charge is 0.327 e. The number of thioether (sulfide) groups is 1. The summed E-state index contributed by atoms with van der Waals surface area (Å²) in [4.78, 5) is 28.3. The van der Waals surface area contributed by atoms with Crippen LogP contribution in [0, 0.1) is 10.7 Å². The van der Waals surface area contributed by atoms with E-state index in [9.17, 15) is 9.59 Å². The zero-order valence-electron chi connectivity index (χ0n) is 13.7. The van der Waals surface area contributed by atoms with Crippen LogP contribution in [0.15, 0.2) is 60.7 Å². The molecule has 3 rings (SSSR count). The van der Waals surface area contributed by atoms with E-state index >= 15 is 0 Å². The van der Waals surface area contributed by atoms with E-state index in [-0.39, 0.29) is 23.7 Å². The van der Waals surface area contributed by atoms with Crippen LogP contribution in [0.3, 0.4) is 0 Å². The first-order valence-corrected chi connectivity index (χ1v) is 8.83. The maximum Gasteiger partial charge on any atom is 0.327 e. The maximum absolute atomic E-state index is 12.8. The van der Waals surface area contributed by atoms with Crippen molar-refractivity contribution < 1.29 is 9.59 Å². The highest BCUT2D eigenvalue weighted by Gasteiger charge is 2.48. The van der Waals surface area contributed by atoms with Gasteiger partial charge in [-0.05, 0) is 22.9 Å². The van der Waals surface area contributed by atoms with Gasteiger partial charge >= 0.3 is 6.03 Å². The number of thiocyanates is 1. The average Bonchev–Trinajstić information content (AvgIpc) is 2.92. The highest BCUT2D eigenvalue weighted by Crippen LogP contribution is 2.44. The fourth-order valence-corrected chi connectivity index (χ4v) is 3.55.